The Bertz CT molecular complexity index is 236. The fourth-order valence-electron chi connectivity index (χ4n) is 1.89. The predicted molar refractivity (Wildman–Crippen MR) is 55.3 cm³/mol. The molecule has 2 saturated carbocycles. The molecule has 2 atom stereocenters. The van der Waals surface area contributed by atoms with Crippen molar-refractivity contribution in [2.45, 2.75) is 37.8 Å². The number of esters is 1. The highest BCUT2D eigenvalue weighted by Crippen LogP contribution is 2.34. The molecule has 2 aliphatic rings. The molecule has 0 aromatic rings. The number of methoxy groups -OCH3 is 1. The molecule has 86 valence electrons. The Balaban J connectivity index is 1.75. The van der Waals surface area contributed by atoms with Crippen LogP contribution in [0.3, 0.4) is 0 Å². The first-order valence-corrected chi connectivity index (χ1v) is 5.71. The summed E-state index contributed by atoms with van der Waals surface area (Å²) in [5, 5.41) is 12.8. The third kappa shape index (κ3) is 2.92. The molecule has 0 spiro atoms. The first-order valence-electron chi connectivity index (χ1n) is 5.71. The average molecular weight is 213 g/mol. The van der Waals surface area contributed by atoms with E-state index in [1.54, 1.807) is 0 Å². The second-order valence-electron chi connectivity index (χ2n) is 4.65. The van der Waals surface area contributed by atoms with Crippen LogP contribution in [0.2, 0.25) is 0 Å². The lowest BCUT2D eigenvalue weighted by Crippen LogP contribution is -2.43. The molecule has 4 heteroatoms. The van der Waals surface area contributed by atoms with Crippen LogP contribution >= 0.6 is 0 Å². The lowest BCUT2D eigenvalue weighted by Gasteiger charge is -2.18. The number of aliphatic hydroxyl groups excluding tert-OH is 1. The Labute approximate surface area is 90.0 Å². The molecule has 0 aliphatic heterocycles. The van der Waals surface area contributed by atoms with Crippen LogP contribution in [-0.4, -0.2) is 36.9 Å². The van der Waals surface area contributed by atoms with Gasteiger partial charge in [0.15, 0.2) is 0 Å². The SMILES string of the molecule is COC(=O)C(NCC(O)C1CC1)C1CC1. The first-order chi connectivity index (χ1) is 7.22. The van der Waals surface area contributed by atoms with Crippen molar-refractivity contribution in [3.8, 4) is 0 Å². The minimum atomic E-state index is -0.295. The number of nitrogens with one attached hydrogen (secondary N) is 1. The van der Waals surface area contributed by atoms with Crippen molar-refractivity contribution in [1.82, 2.24) is 5.32 Å². The Morgan fingerprint density at radius 2 is 2.00 bits per heavy atom. The van der Waals surface area contributed by atoms with Crippen LogP contribution < -0.4 is 5.32 Å². The smallest absolute Gasteiger partial charge is 0.323 e. The summed E-state index contributed by atoms with van der Waals surface area (Å²) in [5.41, 5.74) is 0. The molecule has 2 N–H and O–H groups in total. The molecule has 2 unspecified atom stereocenters. The van der Waals surface area contributed by atoms with E-state index in [-0.39, 0.29) is 18.1 Å². The molecule has 0 heterocycles. The predicted octanol–water partition coefficient (Wildman–Crippen LogP) is 0.298. The van der Waals surface area contributed by atoms with Gasteiger partial charge in [0.25, 0.3) is 0 Å². The summed E-state index contributed by atoms with van der Waals surface area (Å²) in [7, 11) is 1.41. The number of hydrogen-bond donors (Lipinski definition) is 2. The molecule has 2 fully saturated rings. The van der Waals surface area contributed by atoms with Gasteiger partial charge in [-0.05, 0) is 37.5 Å². The van der Waals surface area contributed by atoms with Gasteiger partial charge in [-0.1, -0.05) is 0 Å². The van der Waals surface area contributed by atoms with E-state index < -0.39 is 0 Å². The van der Waals surface area contributed by atoms with Gasteiger partial charge in [-0.15, -0.1) is 0 Å². The van der Waals surface area contributed by atoms with Crippen molar-refractivity contribution in [1.29, 1.82) is 0 Å². The molecule has 0 saturated heterocycles. The average Bonchev–Trinajstić information content (AvgIpc) is 3.05. The molecule has 0 amide bonds. The summed E-state index contributed by atoms with van der Waals surface area (Å²) < 4.78 is 4.74. The van der Waals surface area contributed by atoms with Crippen LogP contribution in [0.25, 0.3) is 0 Å². The normalized spacial score (nSPS) is 24.7. The summed E-state index contributed by atoms with van der Waals surface area (Å²) in [4.78, 5) is 11.4. The number of carbonyl (C=O) groups is 1. The highest BCUT2D eigenvalue weighted by Gasteiger charge is 2.38. The number of rotatable bonds is 6. The largest absolute Gasteiger partial charge is 0.468 e. The van der Waals surface area contributed by atoms with Crippen molar-refractivity contribution < 1.29 is 14.6 Å². The van der Waals surface area contributed by atoms with Crippen LogP contribution in [0, 0.1) is 11.8 Å². The van der Waals surface area contributed by atoms with E-state index in [4.69, 9.17) is 4.74 Å². The molecule has 0 radical (unpaired) electrons. The zero-order valence-corrected chi connectivity index (χ0v) is 9.11. The standard InChI is InChI=1S/C11H19NO3/c1-15-11(14)10(8-4-5-8)12-6-9(13)7-2-3-7/h7-10,12-13H,2-6H2,1H3. The lowest BCUT2D eigenvalue weighted by atomic mass is 10.1. The Morgan fingerprint density at radius 1 is 1.40 bits per heavy atom. The Morgan fingerprint density at radius 3 is 2.47 bits per heavy atom. The molecule has 0 bridgehead atoms. The third-order valence-corrected chi connectivity index (χ3v) is 3.26. The molecular weight excluding hydrogens is 194 g/mol. The van der Waals surface area contributed by atoms with E-state index in [9.17, 15) is 9.90 Å². The minimum Gasteiger partial charge on any atom is -0.468 e. The Hall–Kier alpha value is -0.610. The highest BCUT2D eigenvalue weighted by atomic mass is 16.5. The second kappa shape index (κ2) is 4.49. The fraction of sp³-hybridized carbons (Fsp3) is 0.909. The van der Waals surface area contributed by atoms with E-state index in [0.717, 1.165) is 25.7 Å². The maximum absolute atomic E-state index is 11.4. The zero-order valence-electron chi connectivity index (χ0n) is 9.11. The minimum absolute atomic E-state index is 0.194. The molecule has 0 aromatic heterocycles. The van der Waals surface area contributed by atoms with Crippen molar-refractivity contribution in [3.63, 3.8) is 0 Å². The topological polar surface area (TPSA) is 58.6 Å². The highest BCUT2D eigenvalue weighted by molar-refractivity contribution is 5.76. The van der Waals surface area contributed by atoms with Crippen molar-refractivity contribution >= 4 is 5.97 Å². The van der Waals surface area contributed by atoms with Gasteiger partial charge in [0.05, 0.1) is 13.2 Å². The van der Waals surface area contributed by atoms with Gasteiger partial charge in [0.1, 0.15) is 6.04 Å². The van der Waals surface area contributed by atoms with Gasteiger partial charge in [-0.25, -0.2) is 0 Å². The van der Waals surface area contributed by atoms with Crippen LogP contribution in [0.15, 0.2) is 0 Å². The number of hydrogen-bond acceptors (Lipinski definition) is 4. The number of carbonyl (C=O) groups excluding carboxylic acids is 1. The summed E-state index contributed by atoms with van der Waals surface area (Å²) in [5.74, 6) is 0.680. The second-order valence-corrected chi connectivity index (χ2v) is 4.65. The maximum atomic E-state index is 11.4. The van der Waals surface area contributed by atoms with Gasteiger partial charge in [0, 0.05) is 6.54 Å². The molecular formula is C11H19NO3. The summed E-state index contributed by atoms with van der Waals surface area (Å²) in [6.07, 6.45) is 4.12. The monoisotopic (exact) mass is 213 g/mol. The quantitative estimate of drug-likeness (QED) is 0.623. The van der Waals surface area contributed by atoms with Crippen LogP contribution in [0.4, 0.5) is 0 Å². The molecule has 2 rings (SSSR count). The lowest BCUT2D eigenvalue weighted by molar-refractivity contribution is -0.143. The zero-order chi connectivity index (χ0) is 10.8. The molecule has 4 nitrogen and oxygen atoms in total. The molecule has 0 aromatic carbocycles. The summed E-state index contributed by atoms with van der Waals surface area (Å²) in [6.45, 7) is 0.515. The third-order valence-electron chi connectivity index (χ3n) is 3.26. The van der Waals surface area contributed by atoms with E-state index in [2.05, 4.69) is 5.32 Å². The molecule has 2 aliphatic carbocycles. The van der Waals surface area contributed by atoms with Gasteiger partial charge < -0.3 is 15.2 Å². The summed E-state index contributed by atoms with van der Waals surface area (Å²) >= 11 is 0. The van der Waals surface area contributed by atoms with E-state index >= 15 is 0 Å². The van der Waals surface area contributed by atoms with E-state index in [1.807, 2.05) is 0 Å². The maximum Gasteiger partial charge on any atom is 0.323 e. The first kappa shape index (κ1) is 10.9. The van der Waals surface area contributed by atoms with Crippen molar-refractivity contribution in [2.75, 3.05) is 13.7 Å². The van der Waals surface area contributed by atoms with E-state index in [1.165, 1.54) is 7.11 Å². The van der Waals surface area contributed by atoms with Gasteiger partial charge in [0.2, 0.25) is 0 Å². The van der Waals surface area contributed by atoms with Crippen LogP contribution in [0.5, 0.6) is 0 Å². The Kier molecular flexibility index (Phi) is 3.26. The van der Waals surface area contributed by atoms with Gasteiger partial charge >= 0.3 is 5.97 Å². The van der Waals surface area contributed by atoms with Gasteiger partial charge in [-0.3, -0.25) is 4.79 Å². The number of ether oxygens (including phenoxy) is 1. The van der Waals surface area contributed by atoms with Crippen molar-refractivity contribution in [2.24, 2.45) is 11.8 Å². The van der Waals surface area contributed by atoms with Gasteiger partial charge in [-0.2, -0.15) is 0 Å². The van der Waals surface area contributed by atoms with Crippen molar-refractivity contribution in [3.05, 3.63) is 0 Å². The van der Waals surface area contributed by atoms with Crippen LogP contribution in [0.1, 0.15) is 25.7 Å². The number of aliphatic hydroxyl groups is 1. The van der Waals surface area contributed by atoms with Crippen LogP contribution in [-0.2, 0) is 9.53 Å². The molecule has 15 heavy (non-hydrogen) atoms. The summed E-state index contributed by atoms with van der Waals surface area (Å²) in [6, 6.07) is -0.205. The fourth-order valence-corrected chi connectivity index (χ4v) is 1.89. The van der Waals surface area contributed by atoms with E-state index in [0.29, 0.717) is 18.4 Å².